The van der Waals surface area contributed by atoms with Crippen LogP contribution in [0.15, 0.2) is 36.5 Å². The van der Waals surface area contributed by atoms with Crippen LogP contribution in [-0.4, -0.2) is 78.7 Å². The number of ether oxygens (including phenoxy) is 2. The Balaban J connectivity index is 1.46. The number of hydrogen-bond acceptors (Lipinski definition) is 5. The minimum absolute atomic E-state index is 0.00428. The van der Waals surface area contributed by atoms with E-state index in [0.29, 0.717) is 32.7 Å². The summed E-state index contributed by atoms with van der Waals surface area (Å²) < 4.78 is 11.2. The number of likely N-dealkylation sites (N-methyl/N-ethyl adjacent to an activating group) is 1. The van der Waals surface area contributed by atoms with Gasteiger partial charge in [0, 0.05) is 45.6 Å². The highest BCUT2D eigenvalue weighted by atomic mass is 16.5. The summed E-state index contributed by atoms with van der Waals surface area (Å²) in [4.78, 5) is 33.9. The van der Waals surface area contributed by atoms with Gasteiger partial charge in [0.2, 0.25) is 11.8 Å². The highest BCUT2D eigenvalue weighted by molar-refractivity contribution is 5.93. The van der Waals surface area contributed by atoms with Crippen molar-refractivity contribution in [2.24, 2.45) is 11.8 Å². The lowest BCUT2D eigenvalue weighted by Gasteiger charge is -2.27. The first-order valence-electron chi connectivity index (χ1n) is 9.35. The fourth-order valence-electron chi connectivity index (χ4n) is 4.44. The summed E-state index contributed by atoms with van der Waals surface area (Å²) in [5.74, 6) is -0.928. The van der Waals surface area contributed by atoms with Crippen LogP contribution in [0.5, 0.6) is 0 Å². The van der Waals surface area contributed by atoms with Crippen molar-refractivity contribution in [2.45, 2.75) is 18.1 Å². The molecule has 3 aliphatic heterocycles. The lowest BCUT2D eigenvalue weighted by Crippen LogP contribution is -2.45. The first-order valence-corrected chi connectivity index (χ1v) is 9.35. The molecule has 0 N–H and O–H groups in total. The van der Waals surface area contributed by atoms with Gasteiger partial charge in [-0.2, -0.15) is 0 Å². The van der Waals surface area contributed by atoms with Crippen LogP contribution in [0, 0.1) is 11.8 Å². The van der Waals surface area contributed by atoms with Crippen LogP contribution in [0.4, 0.5) is 0 Å². The fourth-order valence-corrected chi connectivity index (χ4v) is 4.44. The van der Waals surface area contributed by atoms with Crippen LogP contribution in [-0.2, 0) is 25.5 Å². The molecule has 144 valence electrons. The smallest absolute Gasteiger partial charge is 0.230 e. The molecule has 1 aromatic heterocycles. The molecule has 0 aliphatic carbocycles. The van der Waals surface area contributed by atoms with Crippen LogP contribution in [0.2, 0.25) is 0 Å². The molecule has 0 aromatic carbocycles. The Morgan fingerprint density at radius 2 is 2.33 bits per heavy atom. The number of aromatic nitrogens is 1. The van der Waals surface area contributed by atoms with Crippen LogP contribution in [0.1, 0.15) is 5.69 Å². The van der Waals surface area contributed by atoms with Gasteiger partial charge in [-0.3, -0.25) is 14.6 Å². The second-order valence-electron chi connectivity index (χ2n) is 7.48. The number of rotatable bonds is 7. The molecule has 4 rings (SSSR count). The number of carbonyl (C=O) groups is 2. The number of methoxy groups -OCH3 is 1. The van der Waals surface area contributed by atoms with Crippen LogP contribution < -0.4 is 0 Å². The summed E-state index contributed by atoms with van der Waals surface area (Å²) >= 11 is 0. The van der Waals surface area contributed by atoms with Crippen LogP contribution >= 0.6 is 0 Å². The Labute approximate surface area is 158 Å². The Kier molecular flexibility index (Phi) is 4.74. The molecule has 2 fully saturated rings. The molecule has 2 bridgehead atoms. The van der Waals surface area contributed by atoms with Crippen molar-refractivity contribution in [3.63, 3.8) is 0 Å². The maximum absolute atomic E-state index is 13.2. The van der Waals surface area contributed by atoms with E-state index < -0.39 is 17.4 Å². The zero-order chi connectivity index (χ0) is 19.0. The third kappa shape index (κ3) is 3.04. The standard InChI is InChI=1S/C20H25N3O4/c1-22(10-7-14-5-3-4-9-21-14)18(24)16-15-6-8-20(27-15)13-23(11-12-26-2)19(25)17(16)20/h3-6,8-9,15-17H,7,10-13H2,1-2H3/t15-,16-,17-,20-/m0/s1. The van der Waals surface area contributed by atoms with E-state index in [2.05, 4.69) is 4.98 Å². The molecule has 4 atom stereocenters. The number of carbonyl (C=O) groups excluding carboxylic acids is 2. The summed E-state index contributed by atoms with van der Waals surface area (Å²) in [5, 5.41) is 0. The molecule has 3 aliphatic rings. The van der Waals surface area contributed by atoms with Crippen molar-refractivity contribution in [1.82, 2.24) is 14.8 Å². The van der Waals surface area contributed by atoms with E-state index in [9.17, 15) is 9.59 Å². The number of amides is 2. The lowest BCUT2D eigenvalue weighted by molar-refractivity contribution is -0.142. The molecular formula is C20H25N3O4. The average Bonchev–Trinajstić information content (AvgIpc) is 3.33. The minimum Gasteiger partial charge on any atom is -0.383 e. The maximum atomic E-state index is 13.2. The highest BCUT2D eigenvalue weighted by Crippen LogP contribution is 2.52. The molecule has 2 saturated heterocycles. The van der Waals surface area contributed by atoms with Gasteiger partial charge in [-0.15, -0.1) is 0 Å². The van der Waals surface area contributed by atoms with E-state index in [1.54, 1.807) is 30.2 Å². The van der Waals surface area contributed by atoms with Gasteiger partial charge in [-0.05, 0) is 12.1 Å². The van der Waals surface area contributed by atoms with E-state index in [1.807, 2.05) is 30.4 Å². The fraction of sp³-hybridized carbons (Fsp3) is 0.550. The summed E-state index contributed by atoms with van der Waals surface area (Å²) in [7, 11) is 3.40. The molecule has 4 heterocycles. The zero-order valence-corrected chi connectivity index (χ0v) is 15.7. The Hall–Kier alpha value is -2.25. The summed E-state index contributed by atoms with van der Waals surface area (Å²) in [6.45, 7) is 2.05. The molecule has 7 nitrogen and oxygen atoms in total. The van der Waals surface area contributed by atoms with Crippen molar-refractivity contribution < 1.29 is 19.1 Å². The second-order valence-corrected chi connectivity index (χ2v) is 7.48. The summed E-state index contributed by atoms with van der Waals surface area (Å²) in [6, 6.07) is 5.76. The number of pyridine rings is 1. The Bertz CT molecular complexity index is 753. The molecule has 0 saturated carbocycles. The van der Waals surface area contributed by atoms with Crippen molar-refractivity contribution in [1.29, 1.82) is 0 Å². The van der Waals surface area contributed by atoms with Crippen molar-refractivity contribution >= 4 is 11.8 Å². The van der Waals surface area contributed by atoms with Crippen molar-refractivity contribution in [2.75, 3.05) is 40.4 Å². The number of fused-ring (bicyclic) bond motifs is 1. The zero-order valence-electron chi connectivity index (χ0n) is 15.7. The quantitative estimate of drug-likeness (QED) is 0.653. The van der Waals surface area contributed by atoms with E-state index in [4.69, 9.17) is 9.47 Å². The predicted molar refractivity (Wildman–Crippen MR) is 97.8 cm³/mol. The number of likely N-dealkylation sites (tertiary alicyclic amines) is 1. The monoisotopic (exact) mass is 371 g/mol. The second kappa shape index (κ2) is 7.05. The normalized spacial score (nSPS) is 30.8. The maximum Gasteiger partial charge on any atom is 0.230 e. The molecule has 1 spiro atoms. The molecular weight excluding hydrogens is 346 g/mol. The van der Waals surface area contributed by atoms with Gasteiger partial charge in [0.15, 0.2) is 0 Å². The SMILES string of the molecule is COCCN1C[C@]23C=C[C@H](O2)[C@H](C(=O)N(C)CCc2ccccn2)[C@H]3C1=O. The first-order chi connectivity index (χ1) is 13.1. The summed E-state index contributed by atoms with van der Waals surface area (Å²) in [5.41, 5.74) is 0.290. The lowest BCUT2D eigenvalue weighted by atomic mass is 9.76. The number of hydrogen-bond donors (Lipinski definition) is 0. The van der Waals surface area contributed by atoms with Gasteiger partial charge >= 0.3 is 0 Å². The molecule has 2 amide bonds. The van der Waals surface area contributed by atoms with Gasteiger partial charge < -0.3 is 19.3 Å². The Morgan fingerprint density at radius 1 is 1.48 bits per heavy atom. The van der Waals surface area contributed by atoms with Crippen molar-refractivity contribution in [3.05, 3.63) is 42.2 Å². The molecule has 0 unspecified atom stereocenters. The predicted octanol–water partition coefficient (Wildman–Crippen LogP) is 0.511. The Morgan fingerprint density at radius 3 is 3.07 bits per heavy atom. The average molecular weight is 371 g/mol. The van der Waals surface area contributed by atoms with Crippen LogP contribution in [0.3, 0.4) is 0 Å². The minimum atomic E-state index is -0.655. The molecule has 0 radical (unpaired) electrons. The highest BCUT2D eigenvalue weighted by Gasteiger charge is 2.66. The van der Waals surface area contributed by atoms with Gasteiger partial charge in [0.1, 0.15) is 5.60 Å². The molecule has 27 heavy (non-hydrogen) atoms. The summed E-state index contributed by atoms with van der Waals surface area (Å²) in [6.07, 6.45) is 6.04. The van der Waals surface area contributed by atoms with Crippen LogP contribution in [0.25, 0.3) is 0 Å². The van der Waals surface area contributed by atoms with E-state index in [0.717, 1.165) is 5.69 Å². The van der Waals surface area contributed by atoms with Gasteiger partial charge in [0.25, 0.3) is 0 Å². The van der Waals surface area contributed by atoms with Gasteiger partial charge in [0.05, 0.1) is 31.1 Å². The largest absolute Gasteiger partial charge is 0.383 e. The molecule has 1 aromatic rings. The number of nitrogens with zero attached hydrogens (tertiary/aromatic N) is 3. The topological polar surface area (TPSA) is 72.0 Å². The van der Waals surface area contributed by atoms with Crippen molar-refractivity contribution in [3.8, 4) is 0 Å². The molecule has 7 heteroatoms. The van der Waals surface area contributed by atoms with E-state index in [-0.39, 0.29) is 17.9 Å². The third-order valence-corrected chi connectivity index (χ3v) is 5.83. The van der Waals surface area contributed by atoms with E-state index in [1.165, 1.54) is 0 Å². The van der Waals surface area contributed by atoms with Gasteiger partial charge in [-0.1, -0.05) is 18.2 Å². The first kappa shape index (κ1) is 18.1. The van der Waals surface area contributed by atoms with E-state index >= 15 is 0 Å². The van der Waals surface area contributed by atoms with Gasteiger partial charge in [-0.25, -0.2) is 0 Å². The third-order valence-electron chi connectivity index (χ3n) is 5.83.